The summed E-state index contributed by atoms with van der Waals surface area (Å²) in [4.78, 5) is 112. The van der Waals surface area contributed by atoms with Gasteiger partial charge in [-0.2, -0.15) is 10.0 Å². The highest BCUT2D eigenvalue weighted by Crippen LogP contribution is 2.30. The molecule has 15 heteroatoms. The summed E-state index contributed by atoms with van der Waals surface area (Å²) in [6.07, 6.45) is 0.240. The molecule has 8 amide bonds. The second-order valence-electron chi connectivity index (χ2n) is 15.0. The van der Waals surface area contributed by atoms with Gasteiger partial charge in [0.1, 0.15) is 23.5 Å². The fourth-order valence-electron chi connectivity index (χ4n) is 7.20. The van der Waals surface area contributed by atoms with Crippen LogP contribution in [0.4, 0.5) is 0 Å². The number of nitrogens with one attached hydrogen (secondary N) is 4. The summed E-state index contributed by atoms with van der Waals surface area (Å²) in [5.41, 5.74) is 5.28. The van der Waals surface area contributed by atoms with Crippen molar-refractivity contribution in [3.8, 4) is 0 Å². The predicted molar refractivity (Wildman–Crippen MR) is 211 cm³/mol. The van der Waals surface area contributed by atoms with Crippen molar-refractivity contribution in [3.05, 3.63) is 125 Å². The molecule has 0 radical (unpaired) electrons. The van der Waals surface area contributed by atoms with Crippen LogP contribution in [0.5, 0.6) is 0 Å². The third-order valence-corrected chi connectivity index (χ3v) is 9.86. The Morgan fingerprint density at radius 2 is 0.810 bits per heavy atom. The number of rotatable bonds is 12. The first kappa shape index (κ1) is 39.0. The zero-order chi connectivity index (χ0) is 41.4. The first-order chi connectivity index (χ1) is 27.7. The van der Waals surface area contributed by atoms with E-state index in [1.165, 1.54) is 18.2 Å². The molecule has 2 aliphatic rings. The summed E-state index contributed by atoms with van der Waals surface area (Å²) in [6, 6.07) is 21.7. The molecule has 4 aromatic carbocycles. The van der Waals surface area contributed by atoms with Crippen LogP contribution in [0.25, 0.3) is 21.5 Å². The van der Waals surface area contributed by atoms with Gasteiger partial charge in [-0.15, -0.1) is 0 Å². The Morgan fingerprint density at radius 3 is 1.12 bits per heavy atom. The Labute approximate surface area is 332 Å². The third-order valence-electron chi connectivity index (χ3n) is 9.86. The van der Waals surface area contributed by atoms with Crippen molar-refractivity contribution in [2.45, 2.75) is 52.6 Å². The average molecular weight is 782 g/mol. The summed E-state index contributed by atoms with van der Waals surface area (Å²) in [5.74, 6) is -6.42. The van der Waals surface area contributed by atoms with Crippen molar-refractivity contribution in [3.63, 3.8) is 0 Å². The Balaban J connectivity index is 1.04. The number of nitrogens with zero attached hydrogens (tertiary/aromatic N) is 3. The molecule has 2 atom stereocenters. The molecule has 0 fully saturated rings. The van der Waals surface area contributed by atoms with Crippen molar-refractivity contribution >= 4 is 68.8 Å². The number of imide groups is 2. The van der Waals surface area contributed by atoms with Crippen molar-refractivity contribution in [1.82, 2.24) is 36.5 Å². The minimum Gasteiger partial charge on any atom is -0.339 e. The highest BCUT2D eigenvalue weighted by atomic mass is 16.2. The van der Waals surface area contributed by atoms with E-state index in [2.05, 4.69) is 26.5 Å². The van der Waals surface area contributed by atoms with Crippen LogP contribution in [0.15, 0.2) is 91.0 Å². The Bertz CT molecular complexity index is 2310. The lowest BCUT2D eigenvalue weighted by Gasteiger charge is -2.29. The van der Waals surface area contributed by atoms with Gasteiger partial charge in [-0.3, -0.25) is 49.2 Å². The van der Waals surface area contributed by atoms with Gasteiger partial charge in [0.2, 0.25) is 0 Å². The van der Waals surface area contributed by atoms with Crippen molar-refractivity contribution < 1.29 is 38.4 Å². The smallest absolute Gasteiger partial charge is 0.280 e. The van der Waals surface area contributed by atoms with E-state index in [-0.39, 0.29) is 58.3 Å². The zero-order valence-corrected chi connectivity index (χ0v) is 32.0. The minimum atomic E-state index is -1.22. The van der Waals surface area contributed by atoms with Gasteiger partial charge >= 0.3 is 0 Å². The van der Waals surface area contributed by atoms with Gasteiger partial charge in [-0.25, -0.2) is 4.98 Å². The Hall–Kier alpha value is -7.29. The molecule has 15 nitrogen and oxygen atoms in total. The van der Waals surface area contributed by atoms with Crippen LogP contribution in [-0.2, 0) is 9.59 Å². The van der Waals surface area contributed by atoms with E-state index in [0.717, 1.165) is 0 Å². The lowest BCUT2D eigenvalue weighted by molar-refractivity contribution is -0.127. The number of benzene rings is 4. The maximum atomic E-state index is 13.7. The van der Waals surface area contributed by atoms with Gasteiger partial charge in [0.25, 0.3) is 47.3 Å². The van der Waals surface area contributed by atoms with Crippen LogP contribution in [-0.4, -0.2) is 74.3 Å². The van der Waals surface area contributed by atoms with Gasteiger partial charge in [-0.1, -0.05) is 82.3 Å². The molecule has 0 aliphatic carbocycles. The van der Waals surface area contributed by atoms with E-state index < -0.39 is 59.3 Å². The Kier molecular flexibility index (Phi) is 10.5. The summed E-state index contributed by atoms with van der Waals surface area (Å²) >= 11 is 0. The molecule has 0 spiro atoms. The normalized spacial score (nSPS) is 14.5. The van der Waals surface area contributed by atoms with Gasteiger partial charge in [0.15, 0.2) is 0 Å². The standard InChI is InChI=1S/C43H39N7O8/c1-22(2)20-32(38(53)47-49-40(55)26-14-5-10-24-11-6-15-27(34(24)26)41(49)56)45-36(51)30-18-9-19-31(44-30)37(52)46-33(21-23(3)4)39(54)48-50-42(57)28-16-7-12-25-13-8-17-29(35(25)28)43(50)58/h5-19,22-23,32-33H,20-21H2,1-4H3,(H,45,51)(H,46,52)(H,47,53)(H,48,54)/t32-,33-/m0/s1. The number of pyridine rings is 1. The molecule has 7 rings (SSSR count). The summed E-state index contributed by atoms with van der Waals surface area (Å²) in [7, 11) is 0. The molecule has 294 valence electrons. The first-order valence-electron chi connectivity index (χ1n) is 18.7. The Morgan fingerprint density at radius 1 is 0.500 bits per heavy atom. The van der Waals surface area contributed by atoms with Gasteiger partial charge in [0, 0.05) is 10.8 Å². The van der Waals surface area contributed by atoms with Crippen molar-refractivity contribution in [1.29, 1.82) is 0 Å². The van der Waals surface area contributed by atoms with E-state index in [9.17, 15) is 38.4 Å². The van der Waals surface area contributed by atoms with E-state index in [0.29, 0.717) is 31.6 Å². The molecule has 0 unspecified atom stereocenters. The molecular formula is C43H39N7O8. The molecule has 58 heavy (non-hydrogen) atoms. The quantitative estimate of drug-likeness (QED) is 0.133. The second-order valence-corrected chi connectivity index (χ2v) is 15.0. The van der Waals surface area contributed by atoms with Crippen molar-refractivity contribution in [2.75, 3.05) is 0 Å². The molecule has 1 aromatic heterocycles. The highest BCUT2D eigenvalue weighted by Gasteiger charge is 2.38. The number of amides is 8. The minimum absolute atomic E-state index is 0.119. The number of aromatic nitrogens is 1. The van der Waals surface area contributed by atoms with Crippen LogP contribution in [0.2, 0.25) is 0 Å². The largest absolute Gasteiger partial charge is 0.339 e. The van der Waals surface area contributed by atoms with Gasteiger partial charge in [0.05, 0.1) is 22.3 Å². The fourth-order valence-corrected chi connectivity index (χ4v) is 7.20. The topological polar surface area (TPSA) is 204 Å². The first-order valence-corrected chi connectivity index (χ1v) is 18.7. The maximum absolute atomic E-state index is 13.7. The van der Waals surface area contributed by atoms with Gasteiger partial charge in [-0.05, 0) is 71.8 Å². The van der Waals surface area contributed by atoms with Crippen molar-refractivity contribution in [2.24, 2.45) is 11.8 Å². The van der Waals surface area contributed by atoms with E-state index >= 15 is 0 Å². The lowest BCUT2D eigenvalue weighted by atomic mass is 9.95. The van der Waals surface area contributed by atoms with E-state index in [1.807, 2.05) is 27.7 Å². The molecule has 0 saturated heterocycles. The van der Waals surface area contributed by atoms with E-state index in [4.69, 9.17) is 0 Å². The van der Waals surface area contributed by atoms with E-state index in [1.54, 1.807) is 72.8 Å². The van der Waals surface area contributed by atoms with Crippen LogP contribution in [0.1, 0.15) is 103 Å². The fraction of sp³-hybridized carbons (Fsp3) is 0.233. The monoisotopic (exact) mass is 781 g/mol. The number of carbonyl (C=O) groups is 8. The number of hydrogen-bond donors (Lipinski definition) is 4. The highest BCUT2D eigenvalue weighted by molar-refractivity contribution is 6.26. The van der Waals surface area contributed by atoms with Crippen LogP contribution < -0.4 is 21.5 Å². The number of carbonyl (C=O) groups excluding carboxylic acids is 8. The zero-order valence-electron chi connectivity index (χ0n) is 32.0. The van der Waals surface area contributed by atoms with Crippen LogP contribution in [0.3, 0.4) is 0 Å². The third kappa shape index (κ3) is 7.36. The van der Waals surface area contributed by atoms with Gasteiger partial charge < -0.3 is 10.6 Å². The maximum Gasteiger partial charge on any atom is 0.280 e. The molecule has 0 bridgehead atoms. The van der Waals surface area contributed by atoms with Crippen LogP contribution >= 0.6 is 0 Å². The predicted octanol–water partition coefficient (Wildman–Crippen LogP) is 4.33. The molecule has 4 N–H and O–H groups in total. The molecule has 3 heterocycles. The summed E-state index contributed by atoms with van der Waals surface area (Å²) in [6.45, 7) is 7.29. The summed E-state index contributed by atoms with van der Waals surface area (Å²) in [5, 5.41) is 8.88. The molecular weight excluding hydrogens is 743 g/mol. The number of hydrogen-bond acceptors (Lipinski definition) is 9. The molecule has 0 saturated carbocycles. The summed E-state index contributed by atoms with van der Waals surface area (Å²) < 4.78 is 0. The van der Waals surface area contributed by atoms with Crippen LogP contribution in [0, 0.1) is 11.8 Å². The molecule has 2 aliphatic heterocycles. The molecule has 5 aromatic rings. The average Bonchev–Trinajstić information content (AvgIpc) is 3.21. The number of hydrazine groups is 2. The lowest BCUT2D eigenvalue weighted by Crippen LogP contribution is -2.57. The SMILES string of the molecule is CC(C)C[C@H](NC(=O)c1cccc(C(=O)N[C@@H](CC(C)C)C(=O)NN2C(=O)c3cccc4cccc(c34)C2=O)n1)C(=O)NN1C(=O)c2cccc3cccc(c23)C1=O. The second kappa shape index (κ2) is 15.7.